The number of rotatable bonds is 3. The van der Waals surface area contributed by atoms with Crippen LogP contribution in [0.15, 0.2) is 29.4 Å². The number of methoxy groups -OCH3 is 1. The highest BCUT2D eigenvalue weighted by atomic mass is 32.2. The monoisotopic (exact) mass is 318 g/mol. The highest BCUT2D eigenvalue weighted by Crippen LogP contribution is 2.38. The Kier molecular flexibility index (Phi) is 3.92. The van der Waals surface area contributed by atoms with Crippen molar-refractivity contribution in [3.63, 3.8) is 0 Å². The van der Waals surface area contributed by atoms with Crippen LogP contribution in [0.2, 0.25) is 0 Å². The zero-order chi connectivity index (χ0) is 15.8. The minimum Gasteiger partial charge on any atom is -0.468 e. The van der Waals surface area contributed by atoms with E-state index in [0.717, 1.165) is 22.2 Å². The van der Waals surface area contributed by atoms with Crippen molar-refractivity contribution < 1.29 is 22.7 Å². The molecule has 2 aromatic heterocycles. The van der Waals surface area contributed by atoms with Gasteiger partial charge in [-0.05, 0) is 26.0 Å². The van der Waals surface area contributed by atoms with E-state index in [1.54, 1.807) is 13.8 Å². The van der Waals surface area contributed by atoms with Crippen molar-refractivity contribution in [2.75, 3.05) is 7.11 Å². The van der Waals surface area contributed by atoms with Crippen LogP contribution in [0.3, 0.4) is 0 Å². The van der Waals surface area contributed by atoms with Crippen LogP contribution in [-0.2, 0) is 15.7 Å². The molecule has 4 nitrogen and oxygen atoms in total. The molecule has 2 heterocycles. The molecule has 8 heteroatoms. The first kappa shape index (κ1) is 15.7. The average molecular weight is 318 g/mol. The Bertz CT molecular complexity index is 680. The molecule has 0 N–H and O–H groups in total. The van der Waals surface area contributed by atoms with E-state index >= 15 is 0 Å². The van der Waals surface area contributed by atoms with Gasteiger partial charge in [-0.15, -0.1) is 11.8 Å². The van der Waals surface area contributed by atoms with Gasteiger partial charge >= 0.3 is 12.1 Å². The summed E-state index contributed by atoms with van der Waals surface area (Å²) >= 11 is 1.11. The molecule has 0 unspecified atom stereocenters. The van der Waals surface area contributed by atoms with Gasteiger partial charge in [0.2, 0.25) is 0 Å². The molecule has 21 heavy (non-hydrogen) atoms. The van der Waals surface area contributed by atoms with Crippen LogP contribution in [0.1, 0.15) is 19.5 Å². The number of nitrogens with zero attached hydrogens (tertiary/aromatic N) is 2. The summed E-state index contributed by atoms with van der Waals surface area (Å²) in [7, 11) is 1.27. The molecule has 0 saturated carbocycles. The number of fused-ring (bicyclic) bond motifs is 1. The highest BCUT2D eigenvalue weighted by Gasteiger charge is 2.35. The number of imidazole rings is 1. The number of esters is 1. The molecule has 0 radical (unpaired) electrons. The lowest BCUT2D eigenvalue weighted by Gasteiger charge is -2.21. The van der Waals surface area contributed by atoms with E-state index in [4.69, 9.17) is 4.74 Å². The minimum atomic E-state index is -4.47. The zero-order valence-corrected chi connectivity index (χ0v) is 12.4. The van der Waals surface area contributed by atoms with E-state index < -0.39 is 22.6 Å². The first-order chi connectivity index (χ1) is 9.66. The summed E-state index contributed by atoms with van der Waals surface area (Å²) in [5.74, 6) is -0.461. The lowest BCUT2D eigenvalue weighted by molar-refractivity contribution is -0.143. The van der Waals surface area contributed by atoms with E-state index in [-0.39, 0.29) is 5.65 Å². The van der Waals surface area contributed by atoms with Gasteiger partial charge in [-0.1, -0.05) is 0 Å². The summed E-state index contributed by atoms with van der Waals surface area (Å²) in [5, 5.41) is 0. The van der Waals surface area contributed by atoms with Gasteiger partial charge < -0.3 is 4.74 Å². The van der Waals surface area contributed by atoms with Crippen molar-refractivity contribution in [1.29, 1.82) is 0 Å². The minimum absolute atomic E-state index is 0.159. The van der Waals surface area contributed by atoms with Crippen molar-refractivity contribution in [2.24, 2.45) is 0 Å². The van der Waals surface area contributed by atoms with Gasteiger partial charge in [-0.3, -0.25) is 9.20 Å². The summed E-state index contributed by atoms with van der Waals surface area (Å²) in [5.41, 5.74) is -0.651. The van der Waals surface area contributed by atoms with E-state index in [1.165, 1.54) is 25.6 Å². The first-order valence-corrected chi connectivity index (χ1v) is 6.79. The summed E-state index contributed by atoms with van der Waals surface area (Å²) in [6.45, 7) is 3.28. The third-order valence-electron chi connectivity index (χ3n) is 2.85. The third-order valence-corrected chi connectivity index (χ3v) is 4.06. The van der Waals surface area contributed by atoms with Gasteiger partial charge in [-0.25, -0.2) is 4.98 Å². The van der Waals surface area contributed by atoms with Gasteiger partial charge in [0.05, 0.1) is 12.0 Å². The summed E-state index contributed by atoms with van der Waals surface area (Å²) in [6, 6.07) is 2.30. The molecule has 2 aromatic rings. The quantitative estimate of drug-likeness (QED) is 0.643. The van der Waals surface area contributed by atoms with Crippen LogP contribution in [0.4, 0.5) is 13.2 Å². The molecule has 0 aliphatic carbocycles. The van der Waals surface area contributed by atoms with Crippen LogP contribution in [-0.4, -0.2) is 27.2 Å². The Balaban J connectivity index is 2.49. The van der Waals surface area contributed by atoms with Crippen LogP contribution in [0.5, 0.6) is 0 Å². The van der Waals surface area contributed by atoms with Gasteiger partial charge in [-0.2, -0.15) is 13.2 Å². The number of halogens is 3. The van der Waals surface area contributed by atoms with E-state index in [0.29, 0.717) is 4.90 Å². The number of pyridine rings is 1. The molecule has 114 valence electrons. The Morgan fingerprint density at radius 2 is 2.00 bits per heavy atom. The number of carbonyl (C=O) groups is 1. The first-order valence-electron chi connectivity index (χ1n) is 5.97. The molecule has 2 rings (SSSR count). The second kappa shape index (κ2) is 5.25. The Labute approximate surface area is 123 Å². The second-order valence-electron chi connectivity index (χ2n) is 4.81. The van der Waals surface area contributed by atoms with Gasteiger partial charge in [0, 0.05) is 12.4 Å². The van der Waals surface area contributed by atoms with Crippen LogP contribution in [0, 0.1) is 0 Å². The van der Waals surface area contributed by atoms with Gasteiger partial charge in [0.1, 0.15) is 10.4 Å². The fourth-order valence-electron chi connectivity index (χ4n) is 1.86. The standard InChI is InChI=1S/C13H13F3N2O2S/c1-12(2,11(19)20-3)21-8-4-5-9(13(14,15)16)18-7-6-17-10(8)18/h4-7H,1-3H3. The number of thioether (sulfide) groups is 1. The fourth-order valence-corrected chi connectivity index (χ4v) is 2.96. The fraction of sp³-hybridized carbons (Fsp3) is 0.385. The average Bonchev–Trinajstić information content (AvgIpc) is 2.85. The SMILES string of the molecule is COC(=O)C(C)(C)Sc1ccc(C(F)(F)F)n2ccnc12. The highest BCUT2D eigenvalue weighted by molar-refractivity contribution is 8.01. The van der Waals surface area contributed by atoms with Crippen molar-refractivity contribution in [3.8, 4) is 0 Å². The molecular formula is C13H13F3N2O2S. The van der Waals surface area contributed by atoms with Crippen molar-refractivity contribution in [2.45, 2.75) is 29.7 Å². The lowest BCUT2D eigenvalue weighted by Crippen LogP contribution is -2.29. The largest absolute Gasteiger partial charge is 0.468 e. The number of hydrogen-bond donors (Lipinski definition) is 0. The molecule has 0 fully saturated rings. The Morgan fingerprint density at radius 3 is 2.57 bits per heavy atom. The molecule has 0 amide bonds. The van der Waals surface area contributed by atoms with E-state index in [1.807, 2.05) is 0 Å². The number of ether oxygens (including phenoxy) is 1. The summed E-state index contributed by atoms with van der Waals surface area (Å²) in [6.07, 6.45) is -1.94. The number of hydrogen-bond acceptors (Lipinski definition) is 4. The second-order valence-corrected chi connectivity index (χ2v) is 6.47. The molecule has 0 aromatic carbocycles. The molecule has 0 bridgehead atoms. The predicted molar refractivity (Wildman–Crippen MR) is 72.1 cm³/mol. The van der Waals surface area contributed by atoms with Crippen molar-refractivity contribution >= 4 is 23.4 Å². The van der Waals surface area contributed by atoms with Gasteiger partial charge in [0.25, 0.3) is 0 Å². The lowest BCUT2D eigenvalue weighted by atomic mass is 10.2. The maximum absolute atomic E-state index is 12.9. The van der Waals surface area contributed by atoms with E-state index in [2.05, 4.69) is 4.98 Å². The summed E-state index contributed by atoms with van der Waals surface area (Å²) in [4.78, 5) is 16.1. The van der Waals surface area contributed by atoms with Gasteiger partial charge in [0.15, 0.2) is 5.65 Å². The normalized spacial score (nSPS) is 12.7. The molecule has 0 saturated heterocycles. The van der Waals surface area contributed by atoms with Crippen LogP contribution < -0.4 is 0 Å². The molecule has 0 atom stereocenters. The zero-order valence-electron chi connectivity index (χ0n) is 11.6. The third kappa shape index (κ3) is 2.99. The Hall–Kier alpha value is -1.70. The molecular weight excluding hydrogens is 305 g/mol. The van der Waals surface area contributed by atoms with Crippen molar-refractivity contribution in [1.82, 2.24) is 9.38 Å². The summed E-state index contributed by atoms with van der Waals surface area (Å²) < 4.78 is 43.5. The van der Waals surface area contributed by atoms with Crippen molar-refractivity contribution in [3.05, 3.63) is 30.2 Å². The molecule has 0 aliphatic heterocycles. The predicted octanol–water partition coefficient (Wildman–Crippen LogP) is 3.40. The number of carbonyl (C=O) groups excluding carboxylic acids is 1. The van der Waals surface area contributed by atoms with Crippen LogP contribution >= 0.6 is 11.8 Å². The molecule has 0 aliphatic rings. The maximum Gasteiger partial charge on any atom is 0.431 e. The molecule has 0 spiro atoms. The smallest absolute Gasteiger partial charge is 0.431 e. The van der Waals surface area contributed by atoms with E-state index in [9.17, 15) is 18.0 Å². The number of aromatic nitrogens is 2. The Morgan fingerprint density at radius 1 is 1.33 bits per heavy atom. The van der Waals surface area contributed by atoms with Crippen LogP contribution in [0.25, 0.3) is 5.65 Å². The maximum atomic E-state index is 12.9. The topological polar surface area (TPSA) is 43.6 Å². The number of alkyl halides is 3.